The molecule has 0 radical (unpaired) electrons. The first kappa shape index (κ1) is 17.6. The smallest absolute Gasteiger partial charge is 0.191 e. The fourth-order valence-electron chi connectivity index (χ4n) is 4.29. The Bertz CT molecular complexity index is 909. The van der Waals surface area contributed by atoms with Crippen molar-refractivity contribution in [2.75, 3.05) is 7.11 Å². The minimum absolute atomic E-state index is 0.0647. The first-order valence-electron chi connectivity index (χ1n) is 8.59. The summed E-state index contributed by atoms with van der Waals surface area (Å²) < 4.78 is 5.33. The minimum Gasteiger partial charge on any atom is -0.497 e. The number of hydrogen-bond acceptors (Lipinski definition) is 5. The van der Waals surface area contributed by atoms with Crippen molar-refractivity contribution in [3.8, 4) is 24.0 Å². The van der Waals surface area contributed by atoms with Gasteiger partial charge in [0.25, 0.3) is 0 Å². The lowest BCUT2D eigenvalue weighted by molar-refractivity contribution is 0.283. The highest BCUT2D eigenvalue weighted by Gasteiger charge is 2.54. The van der Waals surface area contributed by atoms with Gasteiger partial charge in [-0.1, -0.05) is 25.1 Å². The first-order chi connectivity index (χ1) is 12.5. The highest BCUT2D eigenvalue weighted by molar-refractivity contribution is 5.59. The molecule has 5 nitrogen and oxygen atoms in total. The number of nitrogens with two attached hydrogens (primary N) is 1. The number of ether oxygens (including phenoxy) is 1. The van der Waals surface area contributed by atoms with Gasteiger partial charge in [0.2, 0.25) is 0 Å². The van der Waals surface area contributed by atoms with Gasteiger partial charge in [-0.2, -0.15) is 15.8 Å². The molecule has 1 aromatic rings. The standard InChI is InChI=1S/C21H20N4O/c1-13-6-7-16-17(8-13)19(14-4-3-5-15(9-14)26-2)21(11-23,12-24)20(25)18(16)10-22/h3-5,7,9,13,17,19H,6,8,25H2,1-2H3/t13-,17-,19-/m1/s1. The molecule has 0 amide bonds. The summed E-state index contributed by atoms with van der Waals surface area (Å²) >= 11 is 0. The van der Waals surface area contributed by atoms with E-state index in [-0.39, 0.29) is 11.6 Å². The molecule has 0 saturated heterocycles. The van der Waals surface area contributed by atoms with Gasteiger partial charge < -0.3 is 10.5 Å². The van der Waals surface area contributed by atoms with Gasteiger partial charge in [-0.3, -0.25) is 0 Å². The molecule has 0 fully saturated rings. The lowest BCUT2D eigenvalue weighted by atomic mass is 9.56. The average Bonchev–Trinajstić information content (AvgIpc) is 2.67. The van der Waals surface area contributed by atoms with Gasteiger partial charge >= 0.3 is 0 Å². The molecule has 0 spiro atoms. The molecule has 2 aliphatic carbocycles. The zero-order valence-corrected chi connectivity index (χ0v) is 14.9. The Balaban J connectivity index is 2.32. The van der Waals surface area contributed by atoms with Crippen LogP contribution in [-0.4, -0.2) is 7.11 Å². The molecule has 0 bridgehead atoms. The summed E-state index contributed by atoms with van der Waals surface area (Å²) in [6.45, 7) is 2.14. The Morgan fingerprint density at radius 3 is 2.58 bits per heavy atom. The van der Waals surface area contributed by atoms with Gasteiger partial charge in [-0.15, -0.1) is 0 Å². The molecule has 2 aliphatic rings. The van der Waals surface area contributed by atoms with Gasteiger partial charge in [-0.25, -0.2) is 0 Å². The molecule has 3 atom stereocenters. The molecule has 130 valence electrons. The predicted molar refractivity (Wildman–Crippen MR) is 96.2 cm³/mol. The van der Waals surface area contributed by atoms with Crippen LogP contribution in [0.1, 0.15) is 31.2 Å². The van der Waals surface area contributed by atoms with Crippen molar-refractivity contribution < 1.29 is 4.74 Å². The van der Waals surface area contributed by atoms with Gasteiger partial charge in [-0.05, 0) is 47.9 Å². The third kappa shape index (κ3) is 2.43. The van der Waals surface area contributed by atoms with Crippen molar-refractivity contribution >= 4 is 0 Å². The van der Waals surface area contributed by atoms with E-state index in [1.54, 1.807) is 7.11 Å². The average molecular weight is 344 g/mol. The van der Waals surface area contributed by atoms with E-state index >= 15 is 0 Å². The maximum absolute atomic E-state index is 9.99. The third-order valence-corrected chi connectivity index (χ3v) is 5.57. The molecule has 0 unspecified atom stereocenters. The van der Waals surface area contributed by atoms with E-state index in [4.69, 9.17) is 10.5 Å². The quantitative estimate of drug-likeness (QED) is 0.883. The summed E-state index contributed by atoms with van der Waals surface area (Å²) in [4.78, 5) is 0. The van der Waals surface area contributed by atoms with Crippen LogP contribution in [0.5, 0.6) is 5.75 Å². The molecule has 0 saturated carbocycles. The monoisotopic (exact) mass is 344 g/mol. The number of methoxy groups -OCH3 is 1. The van der Waals surface area contributed by atoms with Gasteiger partial charge in [0.15, 0.2) is 5.41 Å². The number of allylic oxidation sites excluding steroid dienone is 4. The van der Waals surface area contributed by atoms with Crippen molar-refractivity contribution in [1.82, 2.24) is 0 Å². The Labute approximate surface area is 153 Å². The van der Waals surface area contributed by atoms with Crippen LogP contribution in [0.3, 0.4) is 0 Å². The van der Waals surface area contributed by atoms with E-state index in [2.05, 4.69) is 31.2 Å². The van der Waals surface area contributed by atoms with E-state index in [1.807, 2.05) is 24.3 Å². The second-order valence-electron chi connectivity index (χ2n) is 7.03. The predicted octanol–water partition coefficient (Wildman–Crippen LogP) is 3.53. The highest BCUT2D eigenvalue weighted by atomic mass is 16.5. The molecular formula is C21H20N4O. The van der Waals surface area contributed by atoms with Crippen LogP contribution in [0.15, 0.2) is 47.2 Å². The first-order valence-corrected chi connectivity index (χ1v) is 8.59. The summed E-state index contributed by atoms with van der Waals surface area (Å²) in [5.41, 5.74) is 6.76. The summed E-state index contributed by atoms with van der Waals surface area (Å²) in [5.74, 6) is 0.521. The topological polar surface area (TPSA) is 107 Å². The summed E-state index contributed by atoms with van der Waals surface area (Å²) in [7, 11) is 1.58. The number of nitriles is 3. The second kappa shape index (κ2) is 6.58. The molecule has 0 aliphatic heterocycles. The van der Waals surface area contributed by atoms with Crippen LogP contribution < -0.4 is 10.5 Å². The van der Waals surface area contributed by atoms with E-state index in [9.17, 15) is 15.8 Å². The SMILES string of the molecule is COc1cccc([C@@H]2[C@@H]3C[C@H](C)CC=C3C(C#N)=C(N)C2(C#N)C#N)c1. The van der Waals surface area contributed by atoms with E-state index in [1.165, 1.54) is 0 Å². The van der Waals surface area contributed by atoms with Crippen molar-refractivity contribution in [3.05, 3.63) is 52.7 Å². The number of rotatable bonds is 2. The normalized spacial score (nSPS) is 26.6. The Morgan fingerprint density at radius 2 is 1.96 bits per heavy atom. The molecule has 0 aromatic heterocycles. The van der Waals surface area contributed by atoms with Crippen molar-refractivity contribution in [2.24, 2.45) is 23.0 Å². The van der Waals surface area contributed by atoms with Crippen molar-refractivity contribution in [2.45, 2.75) is 25.7 Å². The second-order valence-corrected chi connectivity index (χ2v) is 7.03. The van der Waals surface area contributed by atoms with Crippen LogP contribution in [0.25, 0.3) is 0 Å². The van der Waals surface area contributed by atoms with Gasteiger partial charge in [0.05, 0.1) is 30.5 Å². The summed E-state index contributed by atoms with van der Waals surface area (Å²) in [6.07, 6.45) is 3.72. The highest BCUT2D eigenvalue weighted by Crippen LogP contribution is 2.56. The lowest BCUT2D eigenvalue weighted by Gasteiger charge is -2.44. The van der Waals surface area contributed by atoms with Crippen LogP contribution in [0, 0.1) is 51.2 Å². The lowest BCUT2D eigenvalue weighted by Crippen LogP contribution is -2.43. The zero-order chi connectivity index (χ0) is 18.9. The fourth-order valence-corrected chi connectivity index (χ4v) is 4.29. The molecule has 2 N–H and O–H groups in total. The molecule has 3 rings (SSSR count). The molecule has 26 heavy (non-hydrogen) atoms. The van der Waals surface area contributed by atoms with Gasteiger partial charge in [0, 0.05) is 5.92 Å². The Hall–Kier alpha value is -3.23. The molecule has 5 heteroatoms. The van der Waals surface area contributed by atoms with Gasteiger partial charge in [0.1, 0.15) is 11.8 Å². The molecule has 1 aromatic carbocycles. The largest absolute Gasteiger partial charge is 0.497 e. The molecule has 0 heterocycles. The number of nitrogens with zero attached hydrogens (tertiary/aromatic N) is 3. The Kier molecular flexibility index (Phi) is 4.45. The van der Waals surface area contributed by atoms with Crippen LogP contribution in [0.4, 0.5) is 0 Å². The summed E-state index contributed by atoms with van der Waals surface area (Å²) in [5, 5.41) is 29.6. The maximum Gasteiger partial charge on any atom is 0.191 e. The number of benzene rings is 1. The fraction of sp³-hybridized carbons (Fsp3) is 0.381. The van der Waals surface area contributed by atoms with E-state index in [0.29, 0.717) is 17.2 Å². The van der Waals surface area contributed by atoms with E-state index < -0.39 is 11.3 Å². The molecular weight excluding hydrogens is 324 g/mol. The van der Waals surface area contributed by atoms with Crippen molar-refractivity contribution in [3.63, 3.8) is 0 Å². The van der Waals surface area contributed by atoms with Crippen LogP contribution in [0.2, 0.25) is 0 Å². The number of fused-ring (bicyclic) bond motifs is 1. The maximum atomic E-state index is 9.99. The summed E-state index contributed by atoms with van der Waals surface area (Å²) in [6, 6.07) is 13.9. The minimum atomic E-state index is -1.57. The van der Waals surface area contributed by atoms with Crippen molar-refractivity contribution in [1.29, 1.82) is 15.8 Å². The zero-order valence-electron chi connectivity index (χ0n) is 14.9. The van der Waals surface area contributed by atoms with Crippen LogP contribution in [-0.2, 0) is 0 Å². The third-order valence-electron chi connectivity index (χ3n) is 5.57. The Morgan fingerprint density at radius 1 is 1.23 bits per heavy atom. The number of hydrogen-bond donors (Lipinski definition) is 1. The van der Waals surface area contributed by atoms with Crippen LogP contribution >= 0.6 is 0 Å². The van der Waals surface area contributed by atoms with E-state index in [0.717, 1.165) is 24.0 Å².